The molecule has 2 aliphatic heterocycles. The molecule has 348 valence electrons. The third-order valence-electron chi connectivity index (χ3n) is 10.9. The Morgan fingerprint density at radius 1 is 0.600 bits per heavy atom. The number of ketones is 2. The average Bonchev–Trinajstić information content (AvgIpc) is 3.99. The number of ether oxygens (including phenoxy) is 4. The van der Waals surface area contributed by atoms with Crippen molar-refractivity contribution in [2.24, 2.45) is 11.8 Å². The van der Waals surface area contributed by atoms with E-state index in [9.17, 15) is 37.5 Å². The van der Waals surface area contributed by atoms with E-state index in [4.69, 9.17) is 18.9 Å². The number of nitrogens with zero attached hydrogens (tertiary/aromatic N) is 2. The average molecular weight is 901 g/mol. The number of para-hydroxylation sites is 2. The monoisotopic (exact) mass is 900 g/mol. The van der Waals surface area contributed by atoms with Crippen LogP contribution in [0, 0.1) is 51.2 Å². The molecule has 2 N–H and O–H groups in total. The molecule has 0 bridgehead atoms. The van der Waals surface area contributed by atoms with Crippen LogP contribution in [0.5, 0.6) is 23.0 Å². The number of benzene rings is 4. The number of methoxy groups -OCH3 is 2. The molecule has 2 heterocycles. The van der Waals surface area contributed by atoms with Crippen molar-refractivity contribution in [3.63, 3.8) is 0 Å². The second kappa shape index (κ2) is 23.7. The Kier molecular flexibility index (Phi) is 18.5. The first kappa shape index (κ1) is 50.8. The van der Waals surface area contributed by atoms with E-state index in [0.29, 0.717) is 60.9 Å². The minimum atomic E-state index is -0.914. The van der Waals surface area contributed by atoms with Gasteiger partial charge in [0.25, 0.3) is 11.8 Å². The molecule has 4 aromatic carbocycles. The summed E-state index contributed by atoms with van der Waals surface area (Å²) in [5.74, 6) is -3.33. The van der Waals surface area contributed by atoms with Gasteiger partial charge in [-0.3, -0.25) is 28.8 Å². The fraction of sp³-hybridized carbons (Fsp3) is 0.388. The zero-order chi connectivity index (χ0) is 46.5. The van der Waals surface area contributed by atoms with E-state index in [0.717, 1.165) is 34.4 Å². The Bertz CT molecular complexity index is 2170. The van der Waals surface area contributed by atoms with Crippen LogP contribution in [-0.2, 0) is 19.2 Å². The number of likely N-dealkylation sites (tertiary alicyclic amines) is 2. The lowest BCUT2D eigenvalue weighted by Crippen LogP contribution is -2.38. The van der Waals surface area contributed by atoms with Gasteiger partial charge in [0.1, 0.15) is 30.5 Å². The predicted octanol–water partition coefficient (Wildman–Crippen LogP) is 5.99. The second-order valence-corrected chi connectivity index (χ2v) is 15.7. The zero-order valence-electron chi connectivity index (χ0n) is 36.9. The maximum Gasteiger partial charge on any atom is 0.257 e. The normalized spacial score (nSPS) is 15.1. The number of aryl methyl sites for hydroxylation is 4. The molecular weight excluding hydrogens is 843 g/mol. The molecule has 0 saturated carbocycles. The van der Waals surface area contributed by atoms with Gasteiger partial charge in [0.2, 0.25) is 11.8 Å². The van der Waals surface area contributed by atoms with Gasteiger partial charge in [-0.2, -0.15) is 0 Å². The molecule has 0 unspecified atom stereocenters. The van der Waals surface area contributed by atoms with Crippen molar-refractivity contribution in [1.29, 1.82) is 0 Å². The first-order chi connectivity index (χ1) is 30.6. The third-order valence-corrected chi connectivity index (χ3v) is 10.9. The Morgan fingerprint density at radius 2 is 1.00 bits per heavy atom. The first-order valence-electron chi connectivity index (χ1n) is 20.8. The summed E-state index contributed by atoms with van der Waals surface area (Å²) >= 11 is 0. The minimum Gasteiger partial charge on any atom is -0.496 e. The molecule has 2 aliphatic rings. The van der Waals surface area contributed by atoms with Gasteiger partial charge >= 0.3 is 0 Å². The number of Topliss-reactive ketones (excluding diaryl/α,β-unsaturated/α-hetero) is 2. The number of carbonyl (C=O) groups excluding carboxylic acids is 6. The highest BCUT2D eigenvalue weighted by molar-refractivity contribution is 5.99. The van der Waals surface area contributed by atoms with E-state index in [1.54, 1.807) is 34.1 Å². The summed E-state index contributed by atoms with van der Waals surface area (Å²) in [6.07, 6.45) is 1.01. The molecule has 0 radical (unpaired) electrons. The summed E-state index contributed by atoms with van der Waals surface area (Å²) in [6.45, 7) is 7.93. The fourth-order valence-corrected chi connectivity index (χ4v) is 7.35. The van der Waals surface area contributed by atoms with Crippen molar-refractivity contribution in [1.82, 2.24) is 20.4 Å². The van der Waals surface area contributed by atoms with Gasteiger partial charge in [0.15, 0.2) is 29.0 Å². The lowest BCUT2D eigenvalue weighted by Gasteiger charge is -2.18. The highest BCUT2D eigenvalue weighted by Gasteiger charge is 2.34. The number of hydrogen-bond donors (Lipinski definition) is 2. The summed E-state index contributed by atoms with van der Waals surface area (Å²) in [4.78, 5) is 78.2. The smallest absolute Gasteiger partial charge is 0.257 e. The van der Waals surface area contributed by atoms with Crippen molar-refractivity contribution in [2.75, 3.05) is 66.7 Å². The largest absolute Gasteiger partial charge is 0.496 e. The van der Waals surface area contributed by atoms with E-state index in [2.05, 4.69) is 10.6 Å². The molecule has 4 aromatic rings. The molecule has 0 aliphatic carbocycles. The third kappa shape index (κ3) is 13.6. The van der Waals surface area contributed by atoms with E-state index in [1.807, 2.05) is 58.0 Å². The molecular formula is C49H58F2N4O10. The summed E-state index contributed by atoms with van der Waals surface area (Å²) in [6, 6.07) is 19.8. The maximum absolute atomic E-state index is 13.5. The van der Waals surface area contributed by atoms with Crippen LogP contribution in [-0.4, -0.2) is 112 Å². The molecule has 2 atom stereocenters. The highest BCUT2D eigenvalue weighted by atomic mass is 19.1. The maximum atomic E-state index is 13.5. The zero-order valence-corrected chi connectivity index (χ0v) is 36.9. The highest BCUT2D eigenvalue weighted by Crippen LogP contribution is 2.27. The van der Waals surface area contributed by atoms with Gasteiger partial charge in [-0.1, -0.05) is 55.0 Å². The summed E-state index contributed by atoms with van der Waals surface area (Å²) < 4.78 is 48.2. The summed E-state index contributed by atoms with van der Waals surface area (Å²) in [5, 5.41) is 5.19. The second-order valence-electron chi connectivity index (χ2n) is 15.7. The van der Waals surface area contributed by atoms with Crippen LogP contribution in [0.3, 0.4) is 0 Å². The standard InChI is InChI=1S/C25H30N2O5.C23H24F2N2O5.CH4/c1-16-8-9-22(31-4)21(12-16)25(30)27-11-10-19(14-27)24(29)26-13-20(28)15-32-23-17(2)6-5-7-18(23)3;1-14-6-7-20(31-2)17(10-14)23(30)27-9-8-15(12-27)22(29)26-11-16(28)13-32-21-18(24)4-3-5-19(21)25;/h5-9,12,19H,10-11,13-15H2,1-4H3,(H,26,29);3-7,10,15H,8-9,11-13H2,1-2H3,(H,26,29);1H4/t19-;15-;/m00./s1. The SMILES string of the molecule is C.COc1ccc(C)cc1C(=O)N1CC[C@H](C(=O)NCC(=O)COc2c(C)cccc2C)C1.COc1ccc(C)cc1C(=O)N1CC[C@H](C(=O)NCC(=O)COc2c(F)cccc2F)C1. The first-order valence-corrected chi connectivity index (χ1v) is 20.8. The van der Waals surface area contributed by atoms with Crippen molar-refractivity contribution in [3.8, 4) is 23.0 Å². The number of halogens is 2. The van der Waals surface area contributed by atoms with E-state index >= 15 is 0 Å². The fourth-order valence-electron chi connectivity index (χ4n) is 7.35. The molecule has 14 nitrogen and oxygen atoms in total. The minimum absolute atomic E-state index is 0. The molecule has 2 fully saturated rings. The lowest BCUT2D eigenvalue weighted by atomic mass is 10.1. The Labute approximate surface area is 378 Å². The van der Waals surface area contributed by atoms with Crippen molar-refractivity contribution in [2.45, 2.75) is 48.0 Å². The molecule has 0 aromatic heterocycles. The van der Waals surface area contributed by atoms with Crippen LogP contribution in [0.4, 0.5) is 8.78 Å². The van der Waals surface area contributed by atoms with Crippen molar-refractivity contribution < 1.29 is 56.5 Å². The lowest BCUT2D eigenvalue weighted by molar-refractivity contribution is -0.128. The topological polar surface area (TPSA) is 170 Å². The van der Waals surface area contributed by atoms with Crippen molar-refractivity contribution in [3.05, 3.63) is 118 Å². The van der Waals surface area contributed by atoms with Crippen molar-refractivity contribution >= 4 is 35.2 Å². The molecule has 4 amide bonds. The van der Waals surface area contributed by atoms with Gasteiger partial charge in [0, 0.05) is 26.2 Å². The number of carbonyl (C=O) groups is 6. The molecule has 65 heavy (non-hydrogen) atoms. The predicted molar refractivity (Wildman–Crippen MR) is 240 cm³/mol. The Morgan fingerprint density at radius 3 is 1.42 bits per heavy atom. The van der Waals surface area contributed by atoms with Crippen LogP contribution in [0.25, 0.3) is 0 Å². The van der Waals surface area contributed by atoms with Gasteiger partial charge in [-0.15, -0.1) is 0 Å². The summed E-state index contributed by atoms with van der Waals surface area (Å²) in [5.41, 5.74) is 4.72. The van der Waals surface area contributed by atoms with E-state index < -0.39 is 35.7 Å². The van der Waals surface area contributed by atoms with Gasteiger partial charge in [-0.25, -0.2) is 8.78 Å². The summed E-state index contributed by atoms with van der Waals surface area (Å²) in [7, 11) is 3.02. The number of amides is 4. The molecule has 6 rings (SSSR count). The molecule has 0 spiro atoms. The van der Waals surface area contributed by atoms with Crippen LogP contribution in [0.1, 0.15) is 63.2 Å². The number of nitrogens with one attached hydrogen (secondary N) is 2. The van der Waals surface area contributed by atoms with Crippen LogP contribution in [0.2, 0.25) is 0 Å². The Hall–Kier alpha value is -6.84. The van der Waals surface area contributed by atoms with Crippen LogP contribution < -0.4 is 29.6 Å². The van der Waals surface area contributed by atoms with Gasteiger partial charge in [0.05, 0.1) is 50.3 Å². The van der Waals surface area contributed by atoms with Gasteiger partial charge in [-0.05, 0) is 88.1 Å². The number of rotatable bonds is 16. The van der Waals surface area contributed by atoms with Gasteiger partial charge < -0.3 is 39.4 Å². The van der Waals surface area contributed by atoms with Crippen LogP contribution >= 0.6 is 0 Å². The Balaban J connectivity index is 0.000000280. The molecule has 16 heteroatoms. The van der Waals surface area contributed by atoms with Crippen LogP contribution in [0.15, 0.2) is 72.8 Å². The van der Waals surface area contributed by atoms with E-state index in [1.165, 1.54) is 20.3 Å². The van der Waals surface area contributed by atoms with E-state index in [-0.39, 0.29) is 69.0 Å². The molecule has 2 saturated heterocycles. The number of hydrogen-bond acceptors (Lipinski definition) is 10. The quantitative estimate of drug-likeness (QED) is 0.136.